The zero-order valence-corrected chi connectivity index (χ0v) is 26.2. The van der Waals surface area contributed by atoms with Crippen LogP contribution in [0.15, 0.2) is 54.6 Å². The van der Waals surface area contributed by atoms with Crippen LogP contribution in [0.3, 0.4) is 0 Å². The maximum absolute atomic E-state index is 16.3. The highest BCUT2D eigenvalue weighted by molar-refractivity contribution is 6.31. The van der Waals surface area contributed by atoms with E-state index in [4.69, 9.17) is 32.9 Å². The zero-order valence-electron chi connectivity index (χ0n) is 24.7. The van der Waals surface area contributed by atoms with Crippen molar-refractivity contribution < 1.29 is 18.7 Å². The van der Waals surface area contributed by atoms with E-state index in [-0.39, 0.29) is 36.3 Å². The monoisotopic (exact) mass is 660 g/mol. The van der Waals surface area contributed by atoms with Crippen molar-refractivity contribution in [2.75, 3.05) is 19.0 Å². The van der Waals surface area contributed by atoms with Gasteiger partial charge in [0.25, 0.3) is 0 Å². The van der Waals surface area contributed by atoms with Crippen molar-refractivity contribution in [2.24, 2.45) is 5.92 Å². The SMILES string of the molecule is C.COC(=O)C1(c2ccc3c(c2)nc2n3CC[C@H]3[C@@H]2[C@H](c2cccc(Cl)c2F)[C@]2(C(=O)Nc4cc(Cl)ccc42)N3CC2CC2)CC1. The third-order valence-electron chi connectivity index (χ3n) is 11.1. The molecule has 1 N–H and O–H groups in total. The number of aryl methyl sites for hydroxylation is 1. The van der Waals surface area contributed by atoms with E-state index < -0.39 is 22.7 Å². The Morgan fingerprint density at radius 2 is 1.91 bits per heavy atom. The number of carbonyl (C=O) groups is 2. The molecule has 1 saturated heterocycles. The lowest BCUT2D eigenvalue weighted by Crippen LogP contribution is -2.53. The summed E-state index contributed by atoms with van der Waals surface area (Å²) in [6, 6.07) is 16.6. The Morgan fingerprint density at radius 3 is 2.65 bits per heavy atom. The van der Waals surface area contributed by atoms with Gasteiger partial charge in [-0.2, -0.15) is 0 Å². The number of esters is 1. The molecule has 0 radical (unpaired) electrons. The fraction of sp³-hybridized carbons (Fsp3) is 0.417. The normalized spacial score (nSPS) is 27.1. The van der Waals surface area contributed by atoms with Crippen molar-refractivity contribution in [1.29, 1.82) is 0 Å². The van der Waals surface area contributed by atoms with Crippen LogP contribution in [0, 0.1) is 11.7 Å². The van der Waals surface area contributed by atoms with Crippen LogP contribution < -0.4 is 5.32 Å². The first kappa shape index (κ1) is 29.9. The molecule has 4 heterocycles. The van der Waals surface area contributed by atoms with Crippen molar-refractivity contribution in [2.45, 2.75) is 74.9 Å². The number of aromatic nitrogens is 2. The second-order valence-electron chi connectivity index (χ2n) is 13.4. The number of likely N-dealkylation sites (tertiary alicyclic amines) is 1. The van der Waals surface area contributed by atoms with Crippen LogP contribution in [-0.4, -0.2) is 46.0 Å². The number of benzene rings is 3. The summed E-state index contributed by atoms with van der Waals surface area (Å²) in [4.78, 5) is 35.0. The molecular formula is C36H35Cl2FN4O3. The van der Waals surface area contributed by atoms with Crippen molar-refractivity contribution in [3.8, 4) is 0 Å². The second kappa shape index (κ2) is 10.3. The predicted octanol–water partition coefficient (Wildman–Crippen LogP) is 7.54. The van der Waals surface area contributed by atoms with Crippen LogP contribution >= 0.6 is 23.2 Å². The van der Waals surface area contributed by atoms with Crippen LogP contribution in [0.25, 0.3) is 11.0 Å². The van der Waals surface area contributed by atoms with Crippen LogP contribution in [0.4, 0.5) is 10.1 Å². The van der Waals surface area contributed by atoms with E-state index in [2.05, 4.69) is 14.8 Å². The summed E-state index contributed by atoms with van der Waals surface area (Å²) in [5.41, 5.74) is 2.77. The van der Waals surface area contributed by atoms with Gasteiger partial charge in [0.15, 0.2) is 0 Å². The first-order chi connectivity index (χ1) is 21.8. The minimum absolute atomic E-state index is 0. The van der Waals surface area contributed by atoms with E-state index in [0.29, 0.717) is 28.7 Å². The van der Waals surface area contributed by atoms with Crippen molar-refractivity contribution in [3.05, 3.63) is 93.0 Å². The molecule has 1 amide bonds. The van der Waals surface area contributed by atoms with Gasteiger partial charge < -0.3 is 14.6 Å². The average molecular weight is 662 g/mol. The molecule has 0 unspecified atom stereocenters. The Morgan fingerprint density at radius 1 is 1.11 bits per heavy atom. The lowest BCUT2D eigenvalue weighted by atomic mass is 9.70. The molecule has 46 heavy (non-hydrogen) atoms. The predicted molar refractivity (Wildman–Crippen MR) is 176 cm³/mol. The lowest BCUT2D eigenvalue weighted by molar-refractivity contribution is -0.143. The third kappa shape index (κ3) is 3.90. The third-order valence-corrected chi connectivity index (χ3v) is 11.7. The largest absolute Gasteiger partial charge is 0.468 e. The highest BCUT2D eigenvalue weighted by Gasteiger charge is 2.69. The Bertz CT molecular complexity index is 1950. The minimum Gasteiger partial charge on any atom is -0.468 e. The highest BCUT2D eigenvalue weighted by atomic mass is 35.5. The van der Waals surface area contributed by atoms with Crippen molar-refractivity contribution in [3.63, 3.8) is 0 Å². The summed E-state index contributed by atoms with van der Waals surface area (Å²) in [6.07, 6.45) is 4.49. The number of imidazole rings is 1. The van der Waals surface area contributed by atoms with Crippen molar-refractivity contribution >= 4 is 51.8 Å². The van der Waals surface area contributed by atoms with Gasteiger partial charge in [0, 0.05) is 47.2 Å². The van der Waals surface area contributed by atoms with Gasteiger partial charge in [-0.05, 0) is 79.5 Å². The Labute approximate surface area is 277 Å². The molecule has 3 fully saturated rings. The van der Waals surface area contributed by atoms with Gasteiger partial charge in [0.2, 0.25) is 5.91 Å². The van der Waals surface area contributed by atoms with Gasteiger partial charge in [0.05, 0.1) is 28.6 Å². The molecule has 3 aliphatic heterocycles. The van der Waals surface area contributed by atoms with E-state index in [1.165, 1.54) is 7.11 Å². The summed E-state index contributed by atoms with van der Waals surface area (Å²) < 4.78 is 23.7. The molecular weight excluding hydrogens is 626 g/mol. The van der Waals surface area contributed by atoms with Gasteiger partial charge >= 0.3 is 5.97 Å². The number of halogens is 3. The first-order valence-electron chi connectivity index (χ1n) is 15.7. The fourth-order valence-electron chi connectivity index (χ4n) is 8.82. The summed E-state index contributed by atoms with van der Waals surface area (Å²) >= 11 is 12.9. The number of hydrogen-bond acceptors (Lipinski definition) is 5. The number of anilines is 1. The van der Waals surface area contributed by atoms with Crippen LogP contribution in [-0.2, 0) is 31.8 Å². The lowest BCUT2D eigenvalue weighted by Gasteiger charge is -2.40. The number of amides is 1. The summed E-state index contributed by atoms with van der Waals surface area (Å²) in [5.74, 6) is -0.494. The van der Waals surface area contributed by atoms with E-state index in [1.807, 2.05) is 30.3 Å². The molecule has 0 bridgehead atoms. The molecule has 1 spiro atoms. The smallest absolute Gasteiger partial charge is 0.316 e. The maximum Gasteiger partial charge on any atom is 0.316 e. The maximum atomic E-state index is 16.3. The molecule has 4 aromatic rings. The number of hydrogen-bond donors (Lipinski definition) is 1. The Balaban J connectivity index is 0.00000312. The minimum atomic E-state index is -1.18. The van der Waals surface area contributed by atoms with Gasteiger partial charge in [-0.15, -0.1) is 0 Å². The average Bonchev–Trinajstić information content (AvgIpc) is 3.95. The van der Waals surface area contributed by atoms with Gasteiger partial charge in [0.1, 0.15) is 17.2 Å². The molecule has 4 atom stereocenters. The fourth-order valence-corrected chi connectivity index (χ4v) is 9.18. The van der Waals surface area contributed by atoms with E-state index in [0.717, 1.165) is 66.6 Å². The van der Waals surface area contributed by atoms with Crippen LogP contribution in [0.5, 0.6) is 0 Å². The molecule has 238 valence electrons. The Kier molecular flexibility index (Phi) is 6.68. The molecule has 7 nitrogen and oxygen atoms in total. The molecule has 10 heteroatoms. The topological polar surface area (TPSA) is 76.5 Å². The first-order valence-corrected chi connectivity index (χ1v) is 16.4. The Hall–Kier alpha value is -3.46. The van der Waals surface area contributed by atoms with Crippen LogP contribution in [0.1, 0.15) is 73.9 Å². The van der Waals surface area contributed by atoms with Gasteiger partial charge in [-0.3, -0.25) is 14.5 Å². The number of carbonyl (C=O) groups excluding carboxylic acids is 2. The molecule has 9 rings (SSSR count). The number of nitrogens with one attached hydrogen (secondary N) is 1. The summed E-state index contributed by atoms with van der Waals surface area (Å²) in [6.45, 7) is 1.45. The van der Waals surface area contributed by atoms with Crippen molar-refractivity contribution in [1.82, 2.24) is 14.5 Å². The summed E-state index contributed by atoms with van der Waals surface area (Å²) in [7, 11) is 1.43. The molecule has 5 aliphatic rings. The number of fused-ring (bicyclic) bond motifs is 7. The summed E-state index contributed by atoms with van der Waals surface area (Å²) in [5, 5.41) is 3.70. The number of rotatable bonds is 5. The number of ether oxygens (including phenoxy) is 1. The quantitative estimate of drug-likeness (QED) is 0.224. The molecule has 3 aromatic carbocycles. The van der Waals surface area contributed by atoms with E-state index in [1.54, 1.807) is 24.3 Å². The van der Waals surface area contributed by atoms with Gasteiger partial charge in [-0.25, -0.2) is 9.37 Å². The molecule has 2 aliphatic carbocycles. The highest BCUT2D eigenvalue weighted by Crippen LogP contribution is 2.65. The number of methoxy groups -OCH3 is 1. The number of nitrogens with zero attached hydrogens (tertiary/aromatic N) is 3. The van der Waals surface area contributed by atoms with E-state index >= 15 is 4.39 Å². The van der Waals surface area contributed by atoms with Crippen LogP contribution in [0.2, 0.25) is 10.0 Å². The molecule has 1 aromatic heterocycles. The molecule has 2 saturated carbocycles. The standard InChI is InChI=1S/C35H31Cl2FN4O3.CH4/c1-45-33(44)34(12-13-34)19-7-10-26-25(15-19)39-31-28-27(11-14-41(26)31)42(17-18-5-6-18)35(29(28)21-3-2-4-23(37)30(21)38)22-9-8-20(36)16-24(22)40-32(35)43;/h2-4,7-10,15-16,18,27-29H,5-6,11-14,17H2,1H3,(H,40,43);1H4/t27-,28+,29-,35+;/m0./s1. The zero-order chi connectivity index (χ0) is 30.8. The second-order valence-corrected chi connectivity index (χ2v) is 14.3. The van der Waals surface area contributed by atoms with E-state index in [9.17, 15) is 9.59 Å². The van der Waals surface area contributed by atoms with Gasteiger partial charge in [-0.1, -0.05) is 54.9 Å².